The zero-order chi connectivity index (χ0) is 9.47. The van der Waals surface area contributed by atoms with Gasteiger partial charge in [0, 0.05) is 6.61 Å². The summed E-state index contributed by atoms with van der Waals surface area (Å²) in [5, 5.41) is 9.29. The number of ether oxygens (including phenoxy) is 1. The average molecular weight is 184 g/mol. The number of aliphatic carboxylic acids is 1. The maximum atomic E-state index is 11.3. The van der Waals surface area contributed by atoms with E-state index in [4.69, 9.17) is 4.74 Å². The Morgan fingerprint density at radius 3 is 2.54 bits per heavy atom. The van der Waals surface area contributed by atoms with E-state index in [2.05, 4.69) is 0 Å². The van der Waals surface area contributed by atoms with Crippen LogP contribution in [0.1, 0.15) is 32.6 Å². The number of carbonyl (C=O) groups is 1. The Labute approximate surface area is 78.1 Å². The predicted molar refractivity (Wildman–Crippen MR) is 47.4 cm³/mol. The van der Waals surface area contributed by atoms with Crippen molar-refractivity contribution in [3.63, 3.8) is 0 Å². The molecule has 0 amide bonds. The minimum atomic E-state index is -0.651. The van der Waals surface area contributed by atoms with Crippen LogP contribution in [0.2, 0.25) is 0 Å². The van der Waals surface area contributed by atoms with Gasteiger partial charge in [0.25, 0.3) is 0 Å². The van der Waals surface area contributed by atoms with Gasteiger partial charge in [-0.2, -0.15) is 0 Å². The highest BCUT2D eigenvalue weighted by Gasteiger charge is 2.55. The lowest BCUT2D eigenvalue weighted by Gasteiger charge is -2.41. The Kier molecular flexibility index (Phi) is 2.06. The van der Waals surface area contributed by atoms with E-state index in [0.29, 0.717) is 18.9 Å². The molecule has 2 unspecified atom stereocenters. The first-order valence-corrected chi connectivity index (χ1v) is 5.03. The normalized spacial score (nSPS) is 40.2. The Morgan fingerprint density at radius 1 is 1.54 bits per heavy atom. The second-order valence-electron chi connectivity index (χ2n) is 4.24. The topological polar surface area (TPSA) is 46.5 Å². The summed E-state index contributed by atoms with van der Waals surface area (Å²) in [6.45, 7) is 2.52. The van der Waals surface area contributed by atoms with Crippen LogP contribution in [-0.2, 0) is 9.53 Å². The van der Waals surface area contributed by atoms with Crippen LogP contribution in [0, 0.1) is 11.3 Å². The number of hydrogen-bond acceptors (Lipinski definition) is 2. The highest BCUT2D eigenvalue weighted by Crippen LogP contribution is 2.50. The minimum absolute atomic E-state index is 0.102. The predicted octanol–water partition coefficient (Wildman–Crippen LogP) is 1.67. The van der Waals surface area contributed by atoms with Crippen molar-refractivity contribution in [2.24, 2.45) is 11.3 Å². The van der Waals surface area contributed by atoms with Crippen LogP contribution >= 0.6 is 0 Å². The van der Waals surface area contributed by atoms with Crippen molar-refractivity contribution in [1.82, 2.24) is 0 Å². The van der Waals surface area contributed by atoms with E-state index in [9.17, 15) is 9.90 Å². The van der Waals surface area contributed by atoms with Crippen molar-refractivity contribution in [2.45, 2.75) is 38.7 Å². The van der Waals surface area contributed by atoms with Gasteiger partial charge in [0.05, 0.1) is 11.5 Å². The molecule has 2 fully saturated rings. The van der Waals surface area contributed by atoms with E-state index in [1.165, 1.54) is 6.42 Å². The summed E-state index contributed by atoms with van der Waals surface area (Å²) in [5.74, 6) is -0.287. The third-order valence-electron chi connectivity index (χ3n) is 3.84. The maximum Gasteiger partial charge on any atom is 0.312 e. The Bertz CT molecular complexity index is 222. The second-order valence-corrected chi connectivity index (χ2v) is 4.24. The quantitative estimate of drug-likeness (QED) is 0.710. The third kappa shape index (κ3) is 1.10. The molecule has 1 heterocycles. The molecule has 2 atom stereocenters. The van der Waals surface area contributed by atoms with Crippen LogP contribution in [0.25, 0.3) is 0 Å². The molecule has 1 aliphatic carbocycles. The molecule has 2 aliphatic rings. The first-order valence-electron chi connectivity index (χ1n) is 5.03. The van der Waals surface area contributed by atoms with Crippen molar-refractivity contribution in [1.29, 1.82) is 0 Å². The molecule has 0 bridgehead atoms. The summed E-state index contributed by atoms with van der Waals surface area (Å²) in [5.41, 5.74) is -0.557. The summed E-state index contributed by atoms with van der Waals surface area (Å²) in [6, 6.07) is 0. The van der Waals surface area contributed by atoms with Crippen LogP contribution in [-0.4, -0.2) is 23.8 Å². The van der Waals surface area contributed by atoms with Crippen molar-refractivity contribution in [2.75, 3.05) is 6.61 Å². The van der Waals surface area contributed by atoms with Crippen LogP contribution < -0.4 is 0 Å². The molecule has 1 N–H and O–H groups in total. The van der Waals surface area contributed by atoms with Gasteiger partial charge in [-0.3, -0.25) is 4.79 Å². The van der Waals surface area contributed by atoms with Gasteiger partial charge < -0.3 is 9.84 Å². The standard InChI is InChI=1S/C10H16O3/c1-7-10(9(11)12,5-6-13-7)8-3-2-4-8/h7-8H,2-6H2,1H3,(H,11,12). The highest BCUT2D eigenvalue weighted by atomic mass is 16.5. The molecule has 13 heavy (non-hydrogen) atoms. The van der Waals surface area contributed by atoms with Gasteiger partial charge in [-0.15, -0.1) is 0 Å². The van der Waals surface area contributed by atoms with Gasteiger partial charge in [-0.1, -0.05) is 6.42 Å². The lowest BCUT2D eigenvalue weighted by molar-refractivity contribution is -0.159. The summed E-state index contributed by atoms with van der Waals surface area (Å²) < 4.78 is 5.41. The first-order chi connectivity index (χ1) is 6.18. The highest BCUT2D eigenvalue weighted by molar-refractivity contribution is 5.76. The number of carboxylic acids is 1. The number of carboxylic acid groups (broad SMARTS) is 1. The molecule has 1 saturated heterocycles. The minimum Gasteiger partial charge on any atom is -0.481 e. The fourth-order valence-electron chi connectivity index (χ4n) is 2.67. The third-order valence-corrected chi connectivity index (χ3v) is 3.84. The first kappa shape index (κ1) is 9.00. The fourth-order valence-corrected chi connectivity index (χ4v) is 2.67. The van der Waals surface area contributed by atoms with E-state index in [0.717, 1.165) is 12.8 Å². The molecular formula is C10H16O3. The zero-order valence-corrected chi connectivity index (χ0v) is 7.95. The van der Waals surface area contributed by atoms with Crippen LogP contribution in [0.15, 0.2) is 0 Å². The zero-order valence-electron chi connectivity index (χ0n) is 7.95. The van der Waals surface area contributed by atoms with Crippen LogP contribution in [0.4, 0.5) is 0 Å². The molecule has 0 aromatic rings. The molecule has 0 aromatic carbocycles. The molecule has 2 rings (SSSR count). The molecule has 3 nitrogen and oxygen atoms in total. The van der Waals surface area contributed by atoms with E-state index in [-0.39, 0.29) is 6.10 Å². The van der Waals surface area contributed by atoms with Crippen LogP contribution in [0.3, 0.4) is 0 Å². The smallest absolute Gasteiger partial charge is 0.312 e. The molecule has 0 radical (unpaired) electrons. The van der Waals surface area contributed by atoms with E-state index < -0.39 is 11.4 Å². The van der Waals surface area contributed by atoms with Gasteiger partial charge in [0.1, 0.15) is 0 Å². The van der Waals surface area contributed by atoms with E-state index >= 15 is 0 Å². The van der Waals surface area contributed by atoms with E-state index in [1.54, 1.807) is 0 Å². The fraction of sp³-hybridized carbons (Fsp3) is 0.900. The van der Waals surface area contributed by atoms with Crippen molar-refractivity contribution < 1.29 is 14.6 Å². The summed E-state index contributed by atoms with van der Waals surface area (Å²) in [6.07, 6.45) is 3.93. The molecule has 3 heteroatoms. The van der Waals surface area contributed by atoms with Crippen LogP contribution in [0.5, 0.6) is 0 Å². The molecule has 1 aliphatic heterocycles. The molecule has 0 aromatic heterocycles. The Morgan fingerprint density at radius 2 is 2.23 bits per heavy atom. The summed E-state index contributed by atoms with van der Waals surface area (Å²) in [4.78, 5) is 11.3. The maximum absolute atomic E-state index is 11.3. The van der Waals surface area contributed by atoms with Crippen molar-refractivity contribution in [3.05, 3.63) is 0 Å². The summed E-state index contributed by atoms with van der Waals surface area (Å²) in [7, 11) is 0. The number of hydrogen-bond donors (Lipinski definition) is 1. The molecule has 1 saturated carbocycles. The average Bonchev–Trinajstić information content (AvgIpc) is 2.30. The van der Waals surface area contributed by atoms with Gasteiger partial charge >= 0.3 is 5.97 Å². The summed E-state index contributed by atoms with van der Waals surface area (Å²) >= 11 is 0. The van der Waals surface area contributed by atoms with Crippen molar-refractivity contribution in [3.8, 4) is 0 Å². The Balaban J connectivity index is 2.23. The van der Waals surface area contributed by atoms with Crippen molar-refractivity contribution >= 4 is 5.97 Å². The SMILES string of the molecule is CC1OCCC1(C(=O)O)C1CCC1. The monoisotopic (exact) mass is 184 g/mol. The molecular weight excluding hydrogens is 168 g/mol. The second kappa shape index (κ2) is 2.98. The van der Waals surface area contributed by atoms with Gasteiger partial charge in [-0.05, 0) is 32.1 Å². The Hall–Kier alpha value is -0.570. The van der Waals surface area contributed by atoms with Gasteiger partial charge in [-0.25, -0.2) is 0 Å². The van der Waals surface area contributed by atoms with Gasteiger partial charge in [0.15, 0.2) is 0 Å². The molecule has 74 valence electrons. The number of rotatable bonds is 2. The van der Waals surface area contributed by atoms with Gasteiger partial charge in [0.2, 0.25) is 0 Å². The van der Waals surface area contributed by atoms with E-state index in [1.807, 2.05) is 6.92 Å². The lowest BCUT2D eigenvalue weighted by atomic mass is 9.62. The molecule has 0 spiro atoms. The lowest BCUT2D eigenvalue weighted by Crippen LogP contribution is -2.46. The largest absolute Gasteiger partial charge is 0.481 e.